The molecule has 0 saturated carbocycles. The van der Waals surface area contributed by atoms with Crippen LogP contribution in [0, 0.1) is 0 Å². The van der Waals surface area contributed by atoms with Crippen LogP contribution in [0.3, 0.4) is 0 Å². The monoisotopic (exact) mass is 274 g/mol. The van der Waals surface area contributed by atoms with Gasteiger partial charge in [-0.3, -0.25) is 0 Å². The van der Waals surface area contributed by atoms with Crippen molar-refractivity contribution >= 4 is 33.8 Å². The van der Waals surface area contributed by atoms with Gasteiger partial charge in [0.15, 0.2) is 5.82 Å². The van der Waals surface area contributed by atoms with Gasteiger partial charge in [0.25, 0.3) is 0 Å². The summed E-state index contributed by atoms with van der Waals surface area (Å²) in [5.41, 5.74) is 2.16. The van der Waals surface area contributed by atoms with Crippen molar-refractivity contribution < 1.29 is 0 Å². The maximum atomic E-state index is 6.23. The van der Waals surface area contributed by atoms with E-state index in [4.69, 9.17) is 11.6 Å². The first kappa shape index (κ1) is 11.6. The number of hydrogen-bond acceptors (Lipinski definition) is 3. The second kappa shape index (κ2) is 4.67. The molecule has 2 aromatic heterocycles. The van der Waals surface area contributed by atoms with Crippen molar-refractivity contribution in [3.05, 3.63) is 46.4 Å². The summed E-state index contributed by atoms with van der Waals surface area (Å²) in [5.74, 6) is 0.727. The van der Waals surface area contributed by atoms with Crippen molar-refractivity contribution in [3.63, 3.8) is 0 Å². The lowest BCUT2D eigenvalue weighted by Crippen LogP contribution is -1.92. The Bertz CT molecular complexity index is 706. The Kier molecular flexibility index (Phi) is 3.02. The van der Waals surface area contributed by atoms with Gasteiger partial charge in [0.2, 0.25) is 0 Å². The van der Waals surface area contributed by atoms with Crippen molar-refractivity contribution in [2.75, 3.05) is 0 Å². The van der Waals surface area contributed by atoms with Gasteiger partial charge in [-0.25, -0.2) is 9.97 Å². The summed E-state index contributed by atoms with van der Waals surface area (Å²) in [6.07, 6.45) is 0.979. The molecule has 1 aromatic carbocycles. The molecule has 0 N–H and O–H groups in total. The highest BCUT2D eigenvalue weighted by Crippen LogP contribution is 2.30. The Hall–Kier alpha value is -1.45. The number of halogens is 1. The predicted molar refractivity (Wildman–Crippen MR) is 77.2 cm³/mol. The van der Waals surface area contributed by atoms with Crippen LogP contribution in [0.5, 0.6) is 0 Å². The number of para-hydroxylation sites is 1. The molecule has 0 bridgehead atoms. The second-order valence-electron chi connectivity index (χ2n) is 3.98. The number of nitrogens with zero attached hydrogens (tertiary/aromatic N) is 2. The lowest BCUT2D eigenvalue weighted by atomic mass is 10.2. The molecule has 0 radical (unpaired) electrons. The molecule has 0 fully saturated rings. The van der Waals surface area contributed by atoms with Gasteiger partial charge in [-0.05, 0) is 35.6 Å². The first-order valence-corrected chi connectivity index (χ1v) is 7.04. The van der Waals surface area contributed by atoms with Crippen molar-refractivity contribution in [3.8, 4) is 10.7 Å². The molecule has 0 spiro atoms. The maximum Gasteiger partial charge on any atom is 0.171 e. The minimum absolute atomic E-state index is 0.519. The average molecular weight is 275 g/mol. The van der Waals surface area contributed by atoms with E-state index in [1.54, 1.807) is 11.3 Å². The number of fused-ring (bicyclic) bond motifs is 1. The van der Waals surface area contributed by atoms with Crippen LogP contribution < -0.4 is 0 Å². The van der Waals surface area contributed by atoms with E-state index < -0.39 is 0 Å². The standard InChI is InChI=1S/C14H11ClN2S/c1-2-9-7-8-18-12(9)14-16-11-6-4-3-5-10(11)13(15)17-14/h3-8H,2H2,1H3. The molecule has 0 aliphatic rings. The van der Waals surface area contributed by atoms with Crippen molar-refractivity contribution in [2.45, 2.75) is 13.3 Å². The van der Waals surface area contributed by atoms with E-state index in [0.717, 1.165) is 28.0 Å². The molecule has 18 heavy (non-hydrogen) atoms. The fourth-order valence-electron chi connectivity index (χ4n) is 1.95. The summed E-state index contributed by atoms with van der Waals surface area (Å²) >= 11 is 7.89. The van der Waals surface area contributed by atoms with E-state index in [0.29, 0.717) is 5.15 Å². The molecule has 0 aliphatic heterocycles. The van der Waals surface area contributed by atoms with Gasteiger partial charge in [0.05, 0.1) is 10.4 Å². The molecule has 3 rings (SSSR count). The third kappa shape index (κ3) is 1.89. The first-order valence-electron chi connectivity index (χ1n) is 5.78. The summed E-state index contributed by atoms with van der Waals surface area (Å²) in [5, 5.41) is 3.49. The van der Waals surface area contributed by atoms with Crippen LogP contribution in [0.25, 0.3) is 21.6 Å². The van der Waals surface area contributed by atoms with E-state index in [2.05, 4.69) is 28.3 Å². The molecular formula is C14H11ClN2S. The SMILES string of the molecule is CCc1ccsc1-c1nc(Cl)c2ccccc2n1. The number of aryl methyl sites for hydroxylation is 1. The number of hydrogen-bond donors (Lipinski definition) is 0. The summed E-state index contributed by atoms with van der Waals surface area (Å²) in [4.78, 5) is 10.1. The minimum Gasteiger partial charge on any atom is -0.227 e. The smallest absolute Gasteiger partial charge is 0.171 e. The molecule has 0 amide bonds. The van der Waals surface area contributed by atoms with Gasteiger partial charge in [0.1, 0.15) is 5.15 Å². The Morgan fingerprint density at radius 3 is 2.83 bits per heavy atom. The van der Waals surface area contributed by atoms with Crippen LogP contribution in [-0.2, 0) is 6.42 Å². The first-order chi connectivity index (χ1) is 8.79. The van der Waals surface area contributed by atoms with Crippen LogP contribution >= 0.6 is 22.9 Å². The van der Waals surface area contributed by atoms with E-state index in [-0.39, 0.29) is 0 Å². The van der Waals surface area contributed by atoms with Crippen LogP contribution in [0.4, 0.5) is 0 Å². The molecular weight excluding hydrogens is 264 g/mol. The Morgan fingerprint density at radius 1 is 1.17 bits per heavy atom. The van der Waals surface area contributed by atoms with Crippen LogP contribution in [0.1, 0.15) is 12.5 Å². The largest absolute Gasteiger partial charge is 0.227 e. The third-order valence-electron chi connectivity index (χ3n) is 2.89. The Balaban J connectivity index is 2.25. The van der Waals surface area contributed by atoms with E-state index in [9.17, 15) is 0 Å². The van der Waals surface area contributed by atoms with Gasteiger partial charge in [0, 0.05) is 5.39 Å². The molecule has 2 nitrogen and oxygen atoms in total. The van der Waals surface area contributed by atoms with Gasteiger partial charge in [-0.2, -0.15) is 0 Å². The quantitative estimate of drug-likeness (QED) is 0.640. The highest BCUT2D eigenvalue weighted by Gasteiger charge is 2.11. The van der Waals surface area contributed by atoms with Crippen molar-refractivity contribution in [2.24, 2.45) is 0 Å². The molecule has 0 aliphatic carbocycles. The normalized spacial score (nSPS) is 11.0. The molecule has 2 heterocycles. The summed E-state index contributed by atoms with van der Waals surface area (Å²) in [6.45, 7) is 2.13. The van der Waals surface area contributed by atoms with Gasteiger partial charge in [-0.15, -0.1) is 11.3 Å². The fourth-order valence-corrected chi connectivity index (χ4v) is 3.12. The summed E-state index contributed by atoms with van der Waals surface area (Å²) < 4.78 is 0. The molecule has 0 atom stereocenters. The Morgan fingerprint density at radius 2 is 2.00 bits per heavy atom. The van der Waals surface area contributed by atoms with Crippen LogP contribution in [0.2, 0.25) is 5.15 Å². The number of benzene rings is 1. The third-order valence-corrected chi connectivity index (χ3v) is 4.13. The molecule has 0 unspecified atom stereocenters. The number of thiophene rings is 1. The van der Waals surface area contributed by atoms with E-state index in [1.807, 2.05) is 24.3 Å². The highest BCUT2D eigenvalue weighted by molar-refractivity contribution is 7.13. The van der Waals surface area contributed by atoms with Gasteiger partial charge >= 0.3 is 0 Å². The zero-order chi connectivity index (χ0) is 12.5. The predicted octanol–water partition coefficient (Wildman–Crippen LogP) is 4.57. The lowest BCUT2D eigenvalue weighted by Gasteiger charge is -2.04. The van der Waals surface area contributed by atoms with E-state index in [1.165, 1.54) is 5.56 Å². The van der Waals surface area contributed by atoms with Gasteiger partial charge < -0.3 is 0 Å². The number of rotatable bonds is 2. The second-order valence-corrected chi connectivity index (χ2v) is 5.26. The maximum absolute atomic E-state index is 6.23. The fraction of sp³-hybridized carbons (Fsp3) is 0.143. The van der Waals surface area contributed by atoms with Crippen LogP contribution in [0.15, 0.2) is 35.7 Å². The average Bonchev–Trinajstić information content (AvgIpc) is 2.87. The van der Waals surface area contributed by atoms with Gasteiger partial charge in [-0.1, -0.05) is 30.7 Å². The zero-order valence-electron chi connectivity index (χ0n) is 9.85. The van der Waals surface area contributed by atoms with E-state index >= 15 is 0 Å². The summed E-state index contributed by atoms with van der Waals surface area (Å²) in [7, 11) is 0. The summed E-state index contributed by atoms with van der Waals surface area (Å²) in [6, 6.07) is 9.93. The van der Waals surface area contributed by atoms with Crippen LogP contribution in [-0.4, -0.2) is 9.97 Å². The molecule has 90 valence electrons. The minimum atomic E-state index is 0.519. The molecule has 0 saturated heterocycles. The van der Waals surface area contributed by atoms with Crippen molar-refractivity contribution in [1.29, 1.82) is 0 Å². The highest BCUT2D eigenvalue weighted by atomic mass is 35.5. The topological polar surface area (TPSA) is 25.8 Å². The lowest BCUT2D eigenvalue weighted by molar-refractivity contribution is 1.14. The molecule has 4 heteroatoms. The molecule has 3 aromatic rings. The zero-order valence-corrected chi connectivity index (χ0v) is 11.4. The van der Waals surface area contributed by atoms with Crippen molar-refractivity contribution in [1.82, 2.24) is 9.97 Å². The Labute approximate surface area is 114 Å². The number of aromatic nitrogens is 2.